The number of fused-ring (bicyclic) bond motifs is 1. The lowest BCUT2D eigenvalue weighted by Crippen LogP contribution is -2.37. The van der Waals surface area contributed by atoms with Crippen molar-refractivity contribution < 1.29 is 27.5 Å². The van der Waals surface area contributed by atoms with E-state index in [0.29, 0.717) is 22.8 Å². The van der Waals surface area contributed by atoms with Gasteiger partial charge >= 0.3 is 12.3 Å². The fourth-order valence-corrected chi connectivity index (χ4v) is 4.32. The zero-order valence-electron chi connectivity index (χ0n) is 21.5. The minimum Gasteiger partial charge on any atom is -0.444 e. The van der Waals surface area contributed by atoms with Crippen molar-refractivity contribution in [3.8, 4) is 0 Å². The summed E-state index contributed by atoms with van der Waals surface area (Å²) < 4.78 is 43.6. The predicted molar refractivity (Wildman–Crippen MR) is 139 cm³/mol. The number of alkyl halides is 3. The standard InChI is InChI=1S/C26H27F3N6O3S/c1-25(2,3)38-24(37)35(14-21-32-17-6-4-5-7-18(17)33-21)11-10-22-34-19(15-39-22)23(36)31-13-16-8-9-20(30-12-16)26(27,28)29/h4-9,12,15H,10-11,13-14H2,1-3H3,(H,31,36)(H,32,33). The number of aromatic nitrogens is 4. The van der Waals surface area contributed by atoms with Gasteiger partial charge in [0.2, 0.25) is 0 Å². The molecule has 9 nitrogen and oxygen atoms in total. The molecule has 2 amide bonds. The van der Waals surface area contributed by atoms with Crippen molar-refractivity contribution in [2.24, 2.45) is 0 Å². The number of ether oxygens (including phenoxy) is 1. The van der Waals surface area contributed by atoms with E-state index in [4.69, 9.17) is 4.74 Å². The minimum atomic E-state index is -4.52. The van der Waals surface area contributed by atoms with Crippen LogP contribution in [0.5, 0.6) is 0 Å². The van der Waals surface area contributed by atoms with Gasteiger partial charge in [0, 0.05) is 31.1 Å². The number of benzene rings is 1. The first kappa shape index (κ1) is 28.0. The zero-order chi connectivity index (χ0) is 28.2. The quantitative estimate of drug-likeness (QED) is 0.301. The maximum absolute atomic E-state index is 12.9. The van der Waals surface area contributed by atoms with Crippen molar-refractivity contribution in [3.63, 3.8) is 0 Å². The fourth-order valence-electron chi connectivity index (χ4n) is 3.55. The van der Waals surface area contributed by atoms with E-state index in [1.807, 2.05) is 24.3 Å². The number of halogens is 3. The molecule has 0 spiro atoms. The summed E-state index contributed by atoms with van der Waals surface area (Å²) in [5.41, 5.74) is 0.570. The molecule has 0 atom stereocenters. The summed E-state index contributed by atoms with van der Waals surface area (Å²) in [7, 11) is 0. The number of rotatable bonds is 8. The van der Waals surface area contributed by atoms with Gasteiger partial charge in [-0.2, -0.15) is 13.2 Å². The van der Waals surface area contributed by atoms with Crippen LogP contribution in [0.3, 0.4) is 0 Å². The summed E-state index contributed by atoms with van der Waals surface area (Å²) in [6.07, 6.45) is -3.57. The predicted octanol–water partition coefficient (Wildman–Crippen LogP) is 5.34. The Morgan fingerprint density at radius 2 is 1.87 bits per heavy atom. The highest BCUT2D eigenvalue weighted by Crippen LogP contribution is 2.27. The SMILES string of the molecule is CC(C)(C)OC(=O)N(CCc1nc(C(=O)NCc2ccc(C(F)(F)F)nc2)cs1)Cc1nc2ccccc2[nH]1. The van der Waals surface area contributed by atoms with Crippen molar-refractivity contribution in [1.29, 1.82) is 0 Å². The van der Waals surface area contributed by atoms with Gasteiger partial charge in [0.05, 0.1) is 22.6 Å². The second kappa shape index (κ2) is 11.4. The Morgan fingerprint density at radius 3 is 2.54 bits per heavy atom. The first-order valence-corrected chi connectivity index (χ1v) is 12.9. The summed E-state index contributed by atoms with van der Waals surface area (Å²) in [5.74, 6) is 0.141. The van der Waals surface area contributed by atoms with Crippen LogP contribution in [0, 0.1) is 0 Å². The van der Waals surface area contributed by atoms with Gasteiger partial charge in [0.25, 0.3) is 5.91 Å². The first-order valence-electron chi connectivity index (χ1n) is 12.0. The molecule has 13 heteroatoms. The highest BCUT2D eigenvalue weighted by molar-refractivity contribution is 7.09. The normalized spacial score (nSPS) is 11.9. The number of hydrogen-bond acceptors (Lipinski definition) is 7. The zero-order valence-corrected chi connectivity index (χ0v) is 22.3. The average molecular weight is 561 g/mol. The maximum Gasteiger partial charge on any atom is 0.433 e. The maximum atomic E-state index is 12.9. The molecular weight excluding hydrogens is 533 g/mol. The van der Waals surface area contributed by atoms with Crippen LogP contribution in [0.4, 0.5) is 18.0 Å². The van der Waals surface area contributed by atoms with Gasteiger partial charge in [-0.15, -0.1) is 11.3 Å². The molecule has 0 aliphatic rings. The molecule has 206 valence electrons. The van der Waals surface area contributed by atoms with E-state index in [2.05, 4.69) is 25.3 Å². The molecule has 0 unspecified atom stereocenters. The molecule has 2 N–H and O–H groups in total. The van der Waals surface area contributed by atoms with E-state index in [1.54, 1.807) is 26.2 Å². The van der Waals surface area contributed by atoms with Crippen LogP contribution in [0.25, 0.3) is 11.0 Å². The van der Waals surface area contributed by atoms with Crippen LogP contribution in [0.2, 0.25) is 0 Å². The monoisotopic (exact) mass is 560 g/mol. The Kier molecular flexibility index (Phi) is 8.19. The Morgan fingerprint density at radius 1 is 1.10 bits per heavy atom. The highest BCUT2D eigenvalue weighted by atomic mass is 32.1. The summed E-state index contributed by atoms with van der Waals surface area (Å²) in [6, 6.07) is 9.69. The molecule has 0 aliphatic carbocycles. The first-order chi connectivity index (χ1) is 18.4. The Bertz CT molecular complexity index is 1410. The fraction of sp³-hybridized carbons (Fsp3) is 0.346. The van der Waals surface area contributed by atoms with Crippen LogP contribution >= 0.6 is 11.3 Å². The molecule has 3 aromatic heterocycles. The number of H-pyrrole nitrogens is 1. The number of nitrogens with zero attached hydrogens (tertiary/aromatic N) is 4. The topological polar surface area (TPSA) is 113 Å². The van der Waals surface area contributed by atoms with Gasteiger partial charge in [0.1, 0.15) is 22.8 Å². The number of para-hydroxylation sites is 2. The van der Waals surface area contributed by atoms with E-state index in [9.17, 15) is 22.8 Å². The largest absolute Gasteiger partial charge is 0.444 e. The van der Waals surface area contributed by atoms with Crippen LogP contribution < -0.4 is 5.32 Å². The molecule has 4 rings (SSSR count). The number of thiazole rings is 1. The van der Waals surface area contributed by atoms with Gasteiger partial charge in [0.15, 0.2) is 0 Å². The average Bonchev–Trinajstić information content (AvgIpc) is 3.50. The van der Waals surface area contributed by atoms with Crippen molar-refractivity contribution in [2.45, 2.75) is 52.1 Å². The van der Waals surface area contributed by atoms with Crippen molar-refractivity contribution in [3.05, 3.63) is 75.8 Å². The molecule has 0 radical (unpaired) electrons. The van der Waals surface area contributed by atoms with E-state index < -0.39 is 29.5 Å². The number of pyridine rings is 1. The van der Waals surface area contributed by atoms with Crippen molar-refractivity contribution >= 4 is 34.4 Å². The molecule has 0 saturated carbocycles. The van der Waals surface area contributed by atoms with Gasteiger partial charge < -0.3 is 19.9 Å². The third-order valence-electron chi connectivity index (χ3n) is 5.38. The number of hydrogen-bond donors (Lipinski definition) is 2. The lowest BCUT2D eigenvalue weighted by atomic mass is 10.2. The molecule has 0 saturated heterocycles. The Balaban J connectivity index is 1.37. The highest BCUT2D eigenvalue weighted by Gasteiger charge is 2.32. The molecule has 0 fully saturated rings. The Hall–Kier alpha value is -4.00. The second-order valence-electron chi connectivity index (χ2n) is 9.71. The third-order valence-corrected chi connectivity index (χ3v) is 6.29. The minimum absolute atomic E-state index is 0.000747. The molecular formula is C26H27F3N6O3S. The van der Waals surface area contributed by atoms with Crippen LogP contribution in [-0.4, -0.2) is 49.0 Å². The van der Waals surface area contributed by atoms with Crippen LogP contribution in [0.15, 0.2) is 48.0 Å². The summed E-state index contributed by atoms with van der Waals surface area (Å²) >= 11 is 1.27. The summed E-state index contributed by atoms with van der Waals surface area (Å²) in [5, 5.41) is 4.85. The number of imidazole rings is 1. The van der Waals surface area contributed by atoms with Crippen molar-refractivity contribution in [2.75, 3.05) is 6.54 Å². The van der Waals surface area contributed by atoms with Gasteiger partial charge in [-0.1, -0.05) is 18.2 Å². The van der Waals surface area contributed by atoms with Crippen molar-refractivity contribution in [1.82, 2.24) is 30.2 Å². The van der Waals surface area contributed by atoms with E-state index in [0.717, 1.165) is 23.3 Å². The second-order valence-corrected chi connectivity index (χ2v) is 10.7. The lowest BCUT2D eigenvalue weighted by Gasteiger charge is -2.26. The molecule has 0 bridgehead atoms. The molecule has 3 heterocycles. The number of carbonyl (C=O) groups is 2. The summed E-state index contributed by atoms with van der Waals surface area (Å²) in [4.78, 5) is 42.5. The van der Waals surface area contributed by atoms with E-state index >= 15 is 0 Å². The Labute approximate surface area is 226 Å². The third kappa shape index (κ3) is 7.76. The van der Waals surface area contributed by atoms with Gasteiger partial charge in [-0.05, 0) is 44.5 Å². The van der Waals surface area contributed by atoms with Crippen LogP contribution in [0.1, 0.15) is 53.3 Å². The molecule has 39 heavy (non-hydrogen) atoms. The number of aromatic amines is 1. The number of carbonyl (C=O) groups excluding carboxylic acids is 2. The molecule has 4 aromatic rings. The molecule has 0 aliphatic heterocycles. The lowest BCUT2D eigenvalue weighted by molar-refractivity contribution is -0.141. The smallest absolute Gasteiger partial charge is 0.433 e. The number of nitrogens with one attached hydrogen (secondary N) is 2. The number of amides is 2. The summed E-state index contributed by atoms with van der Waals surface area (Å²) in [6.45, 7) is 5.84. The van der Waals surface area contributed by atoms with E-state index in [1.165, 1.54) is 22.3 Å². The molecule has 1 aromatic carbocycles. The van der Waals surface area contributed by atoms with Crippen LogP contribution in [-0.2, 0) is 30.4 Å². The van der Waals surface area contributed by atoms with E-state index in [-0.39, 0.29) is 25.3 Å². The van der Waals surface area contributed by atoms with Gasteiger partial charge in [-0.25, -0.2) is 14.8 Å². The van der Waals surface area contributed by atoms with Gasteiger partial charge in [-0.3, -0.25) is 9.78 Å².